The van der Waals surface area contributed by atoms with Gasteiger partial charge in [-0.1, -0.05) is 30.3 Å². The van der Waals surface area contributed by atoms with Gasteiger partial charge in [0.05, 0.1) is 18.9 Å². The molecule has 1 aliphatic heterocycles. The molecule has 1 atom stereocenters. The summed E-state index contributed by atoms with van der Waals surface area (Å²) >= 11 is 0. The van der Waals surface area contributed by atoms with Crippen LogP contribution in [0.4, 0.5) is 0 Å². The Morgan fingerprint density at radius 1 is 1.14 bits per heavy atom. The van der Waals surface area contributed by atoms with E-state index in [0.717, 1.165) is 25.0 Å². The molecule has 0 spiro atoms. The molecule has 3 aromatic rings. The van der Waals surface area contributed by atoms with Crippen molar-refractivity contribution in [2.75, 3.05) is 13.7 Å². The van der Waals surface area contributed by atoms with Gasteiger partial charge in [0.2, 0.25) is 11.8 Å². The molecule has 6 heteroatoms. The summed E-state index contributed by atoms with van der Waals surface area (Å²) in [5, 5.41) is 0. The van der Waals surface area contributed by atoms with Crippen LogP contribution in [0, 0.1) is 0 Å². The standard InChI is InChI=1S/C22H23N3O3/c1-27-20-11-10-17(14-23-20)22(26)25-12-6-5-9-19(25)21-24-15-18(28-21)13-16-7-3-2-4-8-16/h2-4,7-8,10-11,14-15,19H,5-6,9,12-13H2,1H3/t19-/m0/s1. The van der Waals surface area contributed by atoms with Gasteiger partial charge in [-0.15, -0.1) is 0 Å². The fourth-order valence-electron chi connectivity index (χ4n) is 3.58. The predicted molar refractivity (Wildman–Crippen MR) is 104 cm³/mol. The first-order valence-corrected chi connectivity index (χ1v) is 9.54. The van der Waals surface area contributed by atoms with Crippen molar-refractivity contribution in [3.63, 3.8) is 0 Å². The normalized spacial score (nSPS) is 16.8. The Kier molecular flexibility index (Phi) is 5.37. The highest BCUT2D eigenvalue weighted by molar-refractivity contribution is 5.94. The molecule has 3 heterocycles. The van der Waals surface area contributed by atoms with Crippen molar-refractivity contribution in [2.45, 2.75) is 31.7 Å². The summed E-state index contributed by atoms with van der Waals surface area (Å²) in [5.41, 5.74) is 1.72. The van der Waals surface area contributed by atoms with E-state index in [0.29, 0.717) is 30.3 Å². The van der Waals surface area contributed by atoms with Crippen LogP contribution in [0.15, 0.2) is 59.3 Å². The van der Waals surface area contributed by atoms with E-state index in [1.54, 1.807) is 31.6 Å². The van der Waals surface area contributed by atoms with Crippen molar-refractivity contribution in [2.24, 2.45) is 0 Å². The molecular weight excluding hydrogens is 354 g/mol. The first-order chi connectivity index (χ1) is 13.7. The molecule has 144 valence electrons. The molecule has 1 amide bonds. The minimum absolute atomic E-state index is 0.0531. The molecule has 0 N–H and O–H groups in total. The number of rotatable bonds is 5. The Morgan fingerprint density at radius 2 is 2.00 bits per heavy atom. The second kappa shape index (κ2) is 8.25. The van der Waals surface area contributed by atoms with E-state index in [1.165, 1.54) is 5.56 Å². The lowest BCUT2D eigenvalue weighted by Crippen LogP contribution is -2.38. The maximum absolute atomic E-state index is 13.1. The van der Waals surface area contributed by atoms with Gasteiger partial charge in [-0.2, -0.15) is 0 Å². The third-order valence-electron chi connectivity index (χ3n) is 5.03. The van der Waals surface area contributed by atoms with E-state index in [4.69, 9.17) is 9.15 Å². The summed E-state index contributed by atoms with van der Waals surface area (Å²) in [5.74, 6) is 1.86. The number of hydrogen-bond donors (Lipinski definition) is 0. The number of aromatic nitrogens is 2. The molecule has 0 aliphatic carbocycles. The largest absolute Gasteiger partial charge is 0.481 e. The summed E-state index contributed by atoms with van der Waals surface area (Å²) in [6.07, 6.45) is 6.89. The van der Waals surface area contributed by atoms with Crippen molar-refractivity contribution in [3.8, 4) is 5.88 Å². The molecular formula is C22H23N3O3. The second-order valence-electron chi connectivity index (χ2n) is 6.93. The molecule has 0 radical (unpaired) electrons. The van der Waals surface area contributed by atoms with E-state index in [9.17, 15) is 4.79 Å². The number of carbonyl (C=O) groups is 1. The van der Waals surface area contributed by atoms with Gasteiger partial charge < -0.3 is 14.1 Å². The molecule has 1 aliphatic rings. The number of nitrogens with zero attached hydrogens (tertiary/aromatic N) is 3. The predicted octanol–water partition coefficient (Wildman–Crippen LogP) is 4.04. The third kappa shape index (κ3) is 3.91. The highest BCUT2D eigenvalue weighted by atomic mass is 16.5. The van der Waals surface area contributed by atoms with E-state index in [2.05, 4.69) is 22.1 Å². The lowest BCUT2D eigenvalue weighted by molar-refractivity contribution is 0.0569. The molecule has 6 nitrogen and oxygen atoms in total. The number of amides is 1. The third-order valence-corrected chi connectivity index (χ3v) is 5.03. The Labute approximate surface area is 164 Å². The van der Waals surface area contributed by atoms with Gasteiger partial charge in [-0.05, 0) is 30.9 Å². The average molecular weight is 377 g/mol. The van der Waals surface area contributed by atoms with Gasteiger partial charge in [0, 0.05) is 25.2 Å². The fourth-order valence-corrected chi connectivity index (χ4v) is 3.58. The number of methoxy groups -OCH3 is 1. The van der Waals surface area contributed by atoms with Crippen molar-refractivity contribution >= 4 is 5.91 Å². The lowest BCUT2D eigenvalue weighted by atomic mass is 10.0. The van der Waals surface area contributed by atoms with Crippen molar-refractivity contribution < 1.29 is 13.9 Å². The zero-order valence-electron chi connectivity index (χ0n) is 15.9. The Morgan fingerprint density at radius 3 is 2.75 bits per heavy atom. The smallest absolute Gasteiger partial charge is 0.256 e. The number of pyridine rings is 1. The minimum Gasteiger partial charge on any atom is -0.481 e. The van der Waals surface area contributed by atoms with Gasteiger partial charge in [0.1, 0.15) is 11.8 Å². The summed E-state index contributed by atoms with van der Waals surface area (Å²) in [6, 6.07) is 13.5. The number of likely N-dealkylation sites (tertiary alicyclic amines) is 1. The van der Waals surface area contributed by atoms with Gasteiger partial charge in [-0.25, -0.2) is 9.97 Å². The summed E-state index contributed by atoms with van der Waals surface area (Å²) in [6.45, 7) is 0.686. The molecule has 1 aromatic carbocycles. The van der Waals surface area contributed by atoms with Crippen LogP contribution < -0.4 is 4.74 Å². The van der Waals surface area contributed by atoms with Crippen LogP contribution in [0.2, 0.25) is 0 Å². The molecule has 0 unspecified atom stereocenters. The van der Waals surface area contributed by atoms with Crippen LogP contribution in [0.1, 0.15) is 52.9 Å². The molecule has 4 rings (SSSR count). The van der Waals surface area contributed by atoms with Gasteiger partial charge in [0.25, 0.3) is 5.91 Å². The van der Waals surface area contributed by atoms with E-state index < -0.39 is 0 Å². The average Bonchev–Trinajstić information content (AvgIpc) is 3.22. The Bertz CT molecular complexity index is 922. The maximum atomic E-state index is 13.1. The van der Waals surface area contributed by atoms with Gasteiger partial charge in [-0.3, -0.25) is 4.79 Å². The fraction of sp³-hybridized carbons (Fsp3) is 0.318. The first kappa shape index (κ1) is 18.2. The van der Waals surface area contributed by atoms with E-state index >= 15 is 0 Å². The number of ether oxygens (including phenoxy) is 1. The number of carbonyl (C=O) groups excluding carboxylic acids is 1. The number of hydrogen-bond acceptors (Lipinski definition) is 5. The second-order valence-corrected chi connectivity index (χ2v) is 6.93. The van der Waals surface area contributed by atoms with E-state index in [1.807, 2.05) is 23.1 Å². The molecule has 1 fully saturated rings. The van der Waals surface area contributed by atoms with Crippen molar-refractivity contribution in [1.82, 2.24) is 14.9 Å². The van der Waals surface area contributed by atoms with Crippen LogP contribution in [-0.4, -0.2) is 34.4 Å². The number of piperidine rings is 1. The van der Waals surface area contributed by atoms with Crippen LogP contribution in [0.3, 0.4) is 0 Å². The zero-order chi connectivity index (χ0) is 19.3. The van der Waals surface area contributed by atoms with Crippen LogP contribution in [0.25, 0.3) is 0 Å². The lowest BCUT2D eigenvalue weighted by Gasteiger charge is -2.33. The zero-order valence-corrected chi connectivity index (χ0v) is 15.9. The summed E-state index contributed by atoms with van der Waals surface area (Å²) < 4.78 is 11.1. The molecule has 1 saturated heterocycles. The first-order valence-electron chi connectivity index (χ1n) is 9.54. The Balaban J connectivity index is 1.53. The minimum atomic E-state index is -0.145. The molecule has 28 heavy (non-hydrogen) atoms. The van der Waals surface area contributed by atoms with Gasteiger partial charge >= 0.3 is 0 Å². The van der Waals surface area contributed by atoms with Crippen molar-refractivity contribution in [1.29, 1.82) is 0 Å². The topological polar surface area (TPSA) is 68.5 Å². The summed E-state index contributed by atoms with van der Waals surface area (Å²) in [4.78, 5) is 23.6. The molecule has 2 aromatic heterocycles. The van der Waals surface area contributed by atoms with Gasteiger partial charge in [0.15, 0.2) is 0 Å². The summed E-state index contributed by atoms with van der Waals surface area (Å²) in [7, 11) is 1.56. The number of benzene rings is 1. The van der Waals surface area contributed by atoms with Crippen molar-refractivity contribution in [3.05, 3.63) is 77.6 Å². The Hall–Kier alpha value is -3.15. The monoisotopic (exact) mass is 377 g/mol. The molecule has 0 bridgehead atoms. The molecule has 0 saturated carbocycles. The van der Waals surface area contributed by atoms with E-state index in [-0.39, 0.29) is 11.9 Å². The highest BCUT2D eigenvalue weighted by Gasteiger charge is 2.32. The highest BCUT2D eigenvalue weighted by Crippen LogP contribution is 2.32. The van der Waals surface area contributed by atoms with Crippen LogP contribution >= 0.6 is 0 Å². The van der Waals surface area contributed by atoms with Crippen LogP contribution in [-0.2, 0) is 6.42 Å². The van der Waals surface area contributed by atoms with Crippen LogP contribution in [0.5, 0.6) is 5.88 Å². The SMILES string of the molecule is COc1ccc(C(=O)N2CCCC[C@H]2c2ncc(Cc3ccccc3)o2)cn1. The maximum Gasteiger partial charge on any atom is 0.256 e. The number of oxazole rings is 1. The quantitative estimate of drug-likeness (QED) is 0.671.